The summed E-state index contributed by atoms with van der Waals surface area (Å²) in [6.07, 6.45) is 0. The molecule has 0 bridgehead atoms. The van der Waals surface area contributed by atoms with Crippen molar-refractivity contribution >= 4 is 17.5 Å². The number of hydrogen-bond donors (Lipinski definition) is 2. The molecule has 0 fully saturated rings. The van der Waals surface area contributed by atoms with Crippen molar-refractivity contribution in [3.63, 3.8) is 0 Å². The molecule has 0 aliphatic rings. The van der Waals surface area contributed by atoms with E-state index in [1.54, 1.807) is 12.1 Å². The van der Waals surface area contributed by atoms with Crippen molar-refractivity contribution in [2.75, 3.05) is 33.2 Å². The van der Waals surface area contributed by atoms with Crippen LogP contribution in [0.15, 0.2) is 42.5 Å². The molecule has 0 atom stereocenters. The topological polar surface area (TPSA) is 85.9 Å². The summed E-state index contributed by atoms with van der Waals surface area (Å²) in [7, 11) is 4.41. The van der Waals surface area contributed by atoms with Gasteiger partial charge in [0.2, 0.25) is 11.7 Å². The molecule has 2 rings (SSSR count). The van der Waals surface area contributed by atoms with Crippen LogP contribution < -0.4 is 24.8 Å². The number of anilines is 1. The fraction of sp³-hybridized carbons (Fsp3) is 0.222. The minimum Gasteiger partial charge on any atom is -0.493 e. The van der Waals surface area contributed by atoms with E-state index in [0.717, 1.165) is 0 Å². The van der Waals surface area contributed by atoms with E-state index in [2.05, 4.69) is 10.6 Å². The van der Waals surface area contributed by atoms with Gasteiger partial charge in [0, 0.05) is 11.3 Å². The Morgan fingerprint density at radius 3 is 2.04 bits per heavy atom. The summed E-state index contributed by atoms with van der Waals surface area (Å²) in [5.74, 6) is 0.360. The number of benzene rings is 2. The number of carbonyl (C=O) groups is 2. The van der Waals surface area contributed by atoms with Gasteiger partial charge >= 0.3 is 0 Å². The van der Waals surface area contributed by atoms with E-state index in [0.29, 0.717) is 28.5 Å². The normalized spacial score (nSPS) is 9.88. The highest BCUT2D eigenvalue weighted by Crippen LogP contribution is 2.38. The lowest BCUT2D eigenvalue weighted by atomic mass is 10.1. The third kappa shape index (κ3) is 4.63. The first-order valence-electron chi connectivity index (χ1n) is 7.52. The number of amides is 2. The molecular weight excluding hydrogens is 324 g/mol. The largest absolute Gasteiger partial charge is 0.493 e. The zero-order chi connectivity index (χ0) is 18.2. The van der Waals surface area contributed by atoms with Gasteiger partial charge in [0.25, 0.3) is 5.91 Å². The van der Waals surface area contributed by atoms with Gasteiger partial charge in [0.1, 0.15) is 0 Å². The molecule has 0 aromatic heterocycles. The molecule has 0 heterocycles. The van der Waals surface area contributed by atoms with Crippen LogP contribution in [-0.4, -0.2) is 39.7 Å². The minimum atomic E-state index is -0.428. The number of methoxy groups -OCH3 is 3. The van der Waals surface area contributed by atoms with Crippen molar-refractivity contribution in [3.05, 3.63) is 48.0 Å². The number of rotatable bonds is 7. The van der Waals surface area contributed by atoms with Gasteiger partial charge in [-0.3, -0.25) is 9.59 Å². The lowest BCUT2D eigenvalue weighted by Crippen LogP contribution is -2.32. The quantitative estimate of drug-likeness (QED) is 0.803. The van der Waals surface area contributed by atoms with Gasteiger partial charge in [-0.15, -0.1) is 0 Å². The Labute approximate surface area is 145 Å². The maximum absolute atomic E-state index is 12.3. The van der Waals surface area contributed by atoms with Crippen LogP contribution in [0.2, 0.25) is 0 Å². The molecule has 0 saturated heterocycles. The van der Waals surface area contributed by atoms with Gasteiger partial charge in [-0.25, -0.2) is 0 Å². The molecule has 2 aromatic rings. The third-order valence-corrected chi connectivity index (χ3v) is 3.39. The van der Waals surface area contributed by atoms with Crippen molar-refractivity contribution in [1.82, 2.24) is 5.32 Å². The molecule has 7 nitrogen and oxygen atoms in total. The number of carbonyl (C=O) groups excluding carboxylic acids is 2. The summed E-state index contributed by atoms with van der Waals surface area (Å²) in [4.78, 5) is 24.2. The molecular formula is C18H20N2O5. The second-order valence-corrected chi connectivity index (χ2v) is 5.01. The van der Waals surface area contributed by atoms with Crippen molar-refractivity contribution < 1.29 is 23.8 Å². The zero-order valence-electron chi connectivity index (χ0n) is 14.3. The van der Waals surface area contributed by atoms with Crippen LogP contribution in [0.3, 0.4) is 0 Å². The van der Waals surface area contributed by atoms with E-state index in [-0.39, 0.29) is 12.5 Å². The Morgan fingerprint density at radius 1 is 0.920 bits per heavy atom. The van der Waals surface area contributed by atoms with Gasteiger partial charge in [0.05, 0.1) is 27.9 Å². The second-order valence-electron chi connectivity index (χ2n) is 5.01. The molecule has 7 heteroatoms. The van der Waals surface area contributed by atoms with Crippen LogP contribution in [0.25, 0.3) is 0 Å². The van der Waals surface area contributed by atoms with E-state index >= 15 is 0 Å². The Kier molecular flexibility index (Phi) is 6.22. The van der Waals surface area contributed by atoms with Crippen LogP contribution in [0.1, 0.15) is 10.4 Å². The molecule has 2 amide bonds. The Bertz CT molecular complexity index is 721. The standard InChI is InChI=1S/C18H20N2O5/c1-23-14-9-12(10-15(24-2)17(14)25-3)18(22)19-11-16(21)20-13-7-5-4-6-8-13/h4-10H,11H2,1-3H3,(H,19,22)(H,20,21). The summed E-state index contributed by atoms with van der Waals surface area (Å²) in [6, 6.07) is 12.0. The first-order valence-corrected chi connectivity index (χ1v) is 7.52. The highest BCUT2D eigenvalue weighted by molar-refractivity contribution is 6.00. The lowest BCUT2D eigenvalue weighted by Gasteiger charge is -2.14. The molecule has 0 spiro atoms. The van der Waals surface area contributed by atoms with E-state index in [1.807, 2.05) is 18.2 Å². The van der Waals surface area contributed by atoms with Crippen molar-refractivity contribution in [2.45, 2.75) is 0 Å². The van der Waals surface area contributed by atoms with Gasteiger partial charge in [0.15, 0.2) is 11.5 Å². The van der Waals surface area contributed by atoms with Gasteiger partial charge in [-0.05, 0) is 24.3 Å². The number of ether oxygens (including phenoxy) is 3. The first-order chi connectivity index (χ1) is 12.1. The molecule has 2 aromatic carbocycles. The number of hydrogen-bond acceptors (Lipinski definition) is 5. The van der Waals surface area contributed by atoms with Crippen molar-refractivity contribution in [1.29, 1.82) is 0 Å². The average molecular weight is 344 g/mol. The predicted octanol–water partition coefficient (Wildman–Crippen LogP) is 2.08. The molecule has 0 radical (unpaired) electrons. The minimum absolute atomic E-state index is 0.162. The maximum atomic E-state index is 12.3. The summed E-state index contributed by atoms with van der Waals surface area (Å²) in [5, 5.41) is 5.25. The molecule has 2 N–H and O–H groups in total. The van der Waals surface area contributed by atoms with Crippen LogP contribution in [-0.2, 0) is 4.79 Å². The number of nitrogens with one attached hydrogen (secondary N) is 2. The monoisotopic (exact) mass is 344 g/mol. The second kappa shape index (κ2) is 8.58. The van der Waals surface area contributed by atoms with Crippen LogP contribution in [0, 0.1) is 0 Å². The predicted molar refractivity (Wildman–Crippen MR) is 93.5 cm³/mol. The maximum Gasteiger partial charge on any atom is 0.251 e. The van der Waals surface area contributed by atoms with Crippen molar-refractivity contribution in [3.8, 4) is 17.2 Å². The van der Waals surface area contributed by atoms with E-state index in [1.165, 1.54) is 33.5 Å². The van der Waals surface area contributed by atoms with Gasteiger partial charge in [-0.2, -0.15) is 0 Å². The Balaban J connectivity index is 2.04. The Morgan fingerprint density at radius 2 is 1.52 bits per heavy atom. The van der Waals surface area contributed by atoms with Crippen LogP contribution in [0.4, 0.5) is 5.69 Å². The fourth-order valence-electron chi connectivity index (χ4n) is 2.20. The van der Waals surface area contributed by atoms with Crippen molar-refractivity contribution in [2.24, 2.45) is 0 Å². The molecule has 132 valence electrons. The highest BCUT2D eigenvalue weighted by atomic mass is 16.5. The summed E-state index contributed by atoms with van der Waals surface area (Å²) < 4.78 is 15.6. The van der Waals surface area contributed by atoms with Crippen LogP contribution in [0.5, 0.6) is 17.2 Å². The van der Waals surface area contributed by atoms with E-state index < -0.39 is 5.91 Å². The molecule has 0 saturated carbocycles. The molecule has 0 aliphatic heterocycles. The highest BCUT2D eigenvalue weighted by Gasteiger charge is 2.17. The third-order valence-electron chi connectivity index (χ3n) is 3.39. The summed E-state index contributed by atoms with van der Waals surface area (Å²) >= 11 is 0. The Hall–Kier alpha value is -3.22. The van der Waals surface area contributed by atoms with Gasteiger partial charge in [-0.1, -0.05) is 18.2 Å². The van der Waals surface area contributed by atoms with E-state index in [9.17, 15) is 9.59 Å². The lowest BCUT2D eigenvalue weighted by molar-refractivity contribution is -0.115. The summed E-state index contributed by atoms with van der Waals surface area (Å²) in [5.41, 5.74) is 0.955. The molecule has 0 unspecified atom stereocenters. The SMILES string of the molecule is COc1cc(C(=O)NCC(=O)Nc2ccccc2)cc(OC)c1OC. The van der Waals surface area contributed by atoms with E-state index in [4.69, 9.17) is 14.2 Å². The first kappa shape index (κ1) is 18.1. The zero-order valence-corrected chi connectivity index (χ0v) is 14.3. The average Bonchev–Trinajstić information content (AvgIpc) is 2.65. The molecule has 0 aliphatic carbocycles. The van der Waals surface area contributed by atoms with Crippen LogP contribution >= 0.6 is 0 Å². The summed E-state index contributed by atoms with van der Waals surface area (Å²) in [6.45, 7) is -0.162. The molecule has 25 heavy (non-hydrogen) atoms. The fourth-order valence-corrected chi connectivity index (χ4v) is 2.20. The van der Waals surface area contributed by atoms with Gasteiger partial charge < -0.3 is 24.8 Å². The number of para-hydroxylation sites is 1. The smallest absolute Gasteiger partial charge is 0.251 e.